The number of nitrogens with one attached hydrogen (secondary N) is 3. The van der Waals surface area contributed by atoms with Gasteiger partial charge in [0.2, 0.25) is 5.91 Å². The first-order valence-corrected chi connectivity index (χ1v) is 11.4. The van der Waals surface area contributed by atoms with Crippen molar-refractivity contribution in [1.29, 1.82) is 0 Å². The summed E-state index contributed by atoms with van der Waals surface area (Å²) in [6.07, 6.45) is 1.60. The van der Waals surface area contributed by atoms with E-state index in [2.05, 4.69) is 65.0 Å². The van der Waals surface area contributed by atoms with Gasteiger partial charge in [0.05, 0.1) is 6.54 Å². The van der Waals surface area contributed by atoms with E-state index in [1.165, 1.54) is 16.7 Å². The molecule has 2 aromatic carbocycles. The molecule has 2 unspecified atom stereocenters. The highest BCUT2D eigenvalue weighted by Crippen LogP contribution is 2.31. The SMILES string of the molecule is CCNC(=NCC(C)N1CCc2ccccc2C1)NCC1CC(=O)Nc2ccccc21. The number of carbonyl (C=O) groups is 1. The average molecular weight is 420 g/mol. The number of aliphatic imine (C=N–C) groups is 1. The molecule has 2 aromatic rings. The third-order valence-corrected chi connectivity index (χ3v) is 6.26. The standard InChI is InChI=1S/C25H33N5O/c1-3-26-25(28-16-21-14-24(31)29-23-11-7-6-10-22(21)23)27-15-18(2)30-13-12-19-8-4-5-9-20(19)17-30/h4-11,18,21H,3,12-17H2,1-2H3,(H,29,31)(H2,26,27,28). The first-order chi connectivity index (χ1) is 15.1. The van der Waals surface area contributed by atoms with Gasteiger partial charge in [-0.15, -0.1) is 0 Å². The number of rotatable bonds is 6. The van der Waals surface area contributed by atoms with Crippen molar-refractivity contribution in [3.8, 4) is 0 Å². The van der Waals surface area contributed by atoms with E-state index in [9.17, 15) is 4.79 Å². The van der Waals surface area contributed by atoms with Crippen LogP contribution < -0.4 is 16.0 Å². The molecular weight excluding hydrogens is 386 g/mol. The predicted octanol–water partition coefficient (Wildman–Crippen LogP) is 3.11. The van der Waals surface area contributed by atoms with Gasteiger partial charge >= 0.3 is 0 Å². The van der Waals surface area contributed by atoms with Gasteiger partial charge in [0.1, 0.15) is 0 Å². The van der Waals surface area contributed by atoms with E-state index < -0.39 is 0 Å². The molecule has 2 atom stereocenters. The lowest BCUT2D eigenvalue weighted by molar-refractivity contribution is -0.116. The fourth-order valence-corrected chi connectivity index (χ4v) is 4.48. The summed E-state index contributed by atoms with van der Waals surface area (Å²) in [6, 6.07) is 17.2. The number of fused-ring (bicyclic) bond motifs is 2. The summed E-state index contributed by atoms with van der Waals surface area (Å²) < 4.78 is 0. The van der Waals surface area contributed by atoms with Crippen LogP contribution in [0.25, 0.3) is 0 Å². The Kier molecular flexibility index (Phi) is 6.87. The number of hydrogen-bond acceptors (Lipinski definition) is 3. The van der Waals surface area contributed by atoms with E-state index in [1.54, 1.807) is 0 Å². The molecule has 2 aliphatic heterocycles. The molecule has 0 radical (unpaired) electrons. The van der Waals surface area contributed by atoms with E-state index in [4.69, 9.17) is 4.99 Å². The minimum absolute atomic E-state index is 0.0754. The Balaban J connectivity index is 1.36. The minimum atomic E-state index is 0.0754. The molecule has 164 valence electrons. The maximum Gasteiger partial charge on any atom is 0.225 e. The van der Waals surface area contributed by atoms with Gasteiger partial charge in [-0.2, -0.15) is 0 Å². The molecule has 2 aliphatic rings. The Morgan fingerprint density at radius 1 is 1.16 bits per heavy atom. The van der Waals surface area contributed by atoms with E-state index in [0.29, 0.717) is 19.0 Å². The molecule has 4 rings (SSSR count). The number of carbonyl (C=O) groups excluding carboxylic acids is 1. The second-order valence-corrected chi connectivity index (χ2v) is 8.48. The molecule has 0 saturated heterocycles. The van der Waals surface area contributed by atoms with Crippen molar-refractivity contribution in [3.63, 3.8) is 0 Å². The summed E-state index contributed by atoms with van der Waals surface area (Å²) >= 11 is 0. The average Bonchev–Trinajstić information content (AvgIpc) is 2.80. The molecule has 2 heterocycles. The second kappa shape index (κ2) is 9.96. The zero-order chi connectivity index (χ0) is 21.6. The van der Waals surface area contributed by atoms with Crippen molar-refractivity contribution in [3.05, 3.63) is 65.2 Å². The summed E-state index contributed by atoms with van der Waals surface area (Å²) in [7, 11) is 0. The maximum absolute atomic E-state index is 12.1. The van der Waals surface area contributed by atoms with Gasteiger partial charge in [0, 0.05) is 50.2 Å². The molecular formula is C25H33N5O. The normalized spacial score (nSPS) is 19.7. The molecule has 0 saturated carbocycles. The largest absolute Gasteiger partial charge is 0.357 e. The van der Waals surface area contributed by atoms with Gasteiger partial charge in [-0.1, -0.05) is 42.5 Å². The van der Waals surface area contributed by atoms with Gasteiger partial charge in [-0.3, -0.25) is 14.7 Å². The molecule has 0 bridgehead atoms. The number of benzene rings is 2. The smallest absolute Gasteiger partial charge is 0.225 e. The minimum Gasteiger partial charge on any atom is -0.357 e. The topological polar surface area (TPSA) is 68.8 Å². The number of nitrogens with zero attached hydrogens (tertiary/aromatic N) is 2. The molecule has 3 N–H and O–H groups in total. The maximum atomic E-state index is 12.1. The molecule has 6 nitrogen and oxygen atoms in total. The third-order valence-electron chi connectivity index (χ3n) is 6.26. The fraction of sp³-hybridized carbons (Fsp3) is 0.440. The van der Waals surface area contributed by atoms with Crippen molar-refractivity contribution >= 4 is 17.6 Å². The molecule has 6 heteroatoms. The van der Waals surface area contributed by atoms with Gasteiger partial charge in [-0.25, -0.2) is 0 Å². The van der Waals surface area contributed by atoms with Crippen molar-refractivity contribution in [1.82, 2.24) is 15.5 Å². The summed E-state index contributed by atoms with van der Waals surface area (Å²) in [6.45, 7) is 8.62. The van der Waals surface area contributed by atoms with Crippen LogP contribution in [0.5, 0.6) is 0 Å². The Hall–Kier alpha value is -2.86. The number of amides is 1. The Morgan fingerprint density at radius 3 is 2.77 bits per heavy atom. The Labute approximate surface area is 185 Å². The van der Waals surface area contributed by atoms with E-state index >= 15 is 0 Å². The zero-order valence-electron chi connectivity index (χ0n) is 18.5. The molecule has 0 aromatic heterocycles. The van der Waals surface area contributed by atoms with Crippen molar-refractivity contribution in [2.24, 2.45) is 4.99 Å². The molecule has 0 spiro atoms. The number of hydrogen-bond donors (Lipinski definition) is 3. The van der Waals surface area contributed by atoms with Crippen LogP contribution in [0.1, 0.15) is 42.9 Å². The van der Waals surface area contributed by atoms with Crippen molar-refractivity contribution in [2.45, 2.75) is 45.2 Å². The Bertz CT molecular complexity index is 941. The molecule has 0 fully saturated rings. The van der Waals surface area contributed by atoms with Crippen LogP contribution in [0.4, 0.5) is 5.69 Å². The van der Waals surface area contributed by atoms with Crippen LogP contribution in [0.2, 0.25) is 0 Å². The van der Waals surface area contributed by atoms with E-state index in [0.717, 1.165) is 44.2 Å². The highest BCUT2D eigenvalue weighted by Gasteiger charge is 2.25. The zero-order valence-corrected chi connectivity index (χ0v) is 18.5. The van der Waals surface area contributed by atoms with Crippen molar-refractivity contribution in [2.75, 3.05) is 31.5 Å². The third kappa shape index (κ3) is 5.25. The Morgan fingerprint density at radius 2 is 1.94 bits per heavy atom. The van der Waals surface area contributed by atoms with Crippen LogP contribution in [-0.2, 0) is 17.8 Å². The van der Waals surface area contributed by atoms with Crippen LogP contribution in [0.15, 0.2) is 53.5 Å². The second-order valence-electron chi connectivity index (χ2n) is 8.48. The number of guanidine groups is 1. The number of anilines is 1. The van der Waals surface area contributed by atoms with Gasteiger partial charge in [-0.05, 0) is 43.0 Å². The van der Waals surface area contributed by atoms with E-state index in [1.807, 2.05) is 18.2 Å². The molecule has 1 amide bonds. The molecule has 31 heavy (non-hydrogen) atoms. The summed E-state index contributed by atoms with van der Waals surface area (Å²) in [4.78, 5) is 19.5. The number of para-hydroxylation sites is 1. The monoisotopic (exact) mass is 419 g/mol. The lowest BCUT2D eigenvalue weighted by atomic mass is 9.90. The lowest BCUT2D eigenvalue weighted by Gasteiger charge is -2.33. The fourth-order valence-electron chi connectivity index (χ4n) is 4.48. The highest BCUT2D eigenvalue weighted by atomic mass is 16.1. The summed E-state index contributed by atoms with van der Waals surface area (Å²) in [5.41, 5.74) is 5.02. The van der Waals surface area contributed by atoms with Crippen LogP contribution >= 0.6 is 0 Å². The first-order valence-electron chi connectivity index (χ1n) is 11.4. The lowest BCUT2D eigenvalue weighted by Crippen LogP contribution is -2.43. The van der Waals surface area contributed by atoms with Crippen LogP contribution in [-0.4, -0.2) is 49.0 Å². The predicted molar refractivity (Wildman–Crippen MR) is 126 cm³/mol. The first kappa shape index (κ1) is 21.4. The van der Waals surface area contributed by atoms with Gasteiger partial charge < -0.3 is 16.0 Å². The summed E-state index contributed by atoms with van der Waals surface area (Å²) in [5.74, 6) is 1.03. The highest BCUT2D eigenvalue weighted by molar-refractivity contribution is 5.94. The van der Waals surface area contributed by atoms with E-state index in [-0.39, 0.29) is 11.8 Å². The van der Waals surface area contributed by atoms with Crippen molar-refractivity contribution < 1.29 is 4.79 Å². The van der Waals surface area contributed by atoms with Gasteiger partial charge in [0.25, 0.3) is 0 Å². The quantitative estimate of drug-likeness (QED) is 0.497. The van der Waals surface area contributed by atoms with Crippen LogP contribution in [0, 0.1) is 0 Å². The molecule has 0 aliphatic carbocycles. The van der Waals surface area contributed by atoms with Crippen LogP contribution in [0.3, 0.4) is 0 Å². The summed E-state index contributed by atoms with van der Waals surface area (Å²) in [5, 5.41) is 9.79. The van der Waals surface area contributed by atoms with Gasteiger partial charge in [0.15, 0.2) is 5.96 Å².